The summed E-state index contributed by atoms with van der Waals surface area (Å²) < 4.78 is 0. The van der Waals surface area contributed by atoms with Crippen LogP contribution in [0.5, 0.6) is 0 Å². The van der Waals surface area contributed by atoms with Crippen LogP contribution in [-0.2, 0) is 0 Å². The maximum Gasteiger partial charge on any atom is 0.0591 e. The minimum Gasteiger partial charge on any atom is -0.395 e. The molecule has 0 unspecified atom stereocenters. The number of aliphatic hydroxyl groups excluding tert-OH is 2. The summed E-state index contributed by atoms with van der Waals surface area (Å²) in [6.45, 7) is 6.69. The lowest BCUT2D eigenvalue weighted by molar-refractivity contribution is -0.0754. The second-order valence-corrected chi connectivity index (χ2v) is 11.6. The predicted molar refractivity (Wildman–Crippen MR) is 113 cm³/mol. The van der Waals surface area contributed by atoms with Gasteiger partial charge in [-0.25, -0.2) is 0 Å². The molecule has 0 amide bonds. The minimum atomic E-state index is -0.541. The third kappa shape index (κ3) is 3.40. The summed E-state index contributed by atoms with van der Waals surface area (Å²) in [4.78, 5) is 0. The summed E-state index contributed by atoms with van der Waals surface area (Å²) in [5.74, 6) is 2.90. The highest BCUT2D eigenvalue weighted by Crippen LogP contribution is 2.66. The second-order valence-electron chi connectivity index (χ2n) is 11.6. The van der Waals surface area contributed by atoms with Crippen molar-refractivity contribution in [1.29, 1.82) is 0 Å². The van der Waals surface area contributed by atoms with Crippen LogP contribution in [0.1, 0.15) is 91.4 Å². The Bertz CT molecular complexity index is 605. The van der Waals surface area contributed by atoms with Crippen LogP contribution in [0.15, 0.2) is 11.6 Å². The molecule has 3 heteroatoms. The van der Waals surface area contributed by atoms with Crippen molar-refractivity contribution in [3.05, 3.63) is 11.6 Å². The molecule has 4 aliphatic carbocycles. The van der Waals surface area contributed by atoms with Crippen molar-refractivity contribution in [2.75, 3.05) is 6.61 Å². The molecule has 4 rings (SSSR count). The van der Waals surface area contributed by atoms with Gasteiger partial charge in [-0.1, -0.05) is 25.0 Å². The molecule has 3 saturated carbocycles. The molecule has 7 atom stereocenters. The Morgan fingerprint density at radius 3 is 2.61 bits per heavy atom. The third-order valence-corrected chi connectivity index (χ3v) is 9.62. The molecule has 28 heavy (non-hydrogen) atoms. The summed E-state index contributed by atoms with van der Waals surface area (Å²) >= 11 is 0. The van der Waals surface area contributed by atoms with Crippen LogP contribution in [0.4, 0.5) is 0 Å². The van der Waals surface area contributed by atoms with E-state index in [-0.39, 0.29) is 18.1 Å². The molecule has 0 aliphatic heterocycles. The van der Waals surface area contributed by atoms with E-state index in [0.717, 1.165) is 50.4 Å². The quantitative estimate of drug-likeness (QED) is 0.589. The highest BCUT2D eigenvalue weighted by atomic mass is 16.3. The molecule has 0 bridgehead atoms. The fraction of sp³-hybridized carbons (Fsp3) is 0.920. The summed E-state index contributed by atoms with van der Waals surface area (Å²) in [5, 5.41) is 30.8. The third-order valence-electron chi connectivity index (χ3n) is 9.62. The number of aliphatic hydroxyl groups is 3. The van der Waals surface area contributed by atoms with Crippen molar-refractivity contribution in [3.63, 3.8) is 0 Å². The van der Waals surface area contributed by atoms with Crippen LogP contribution >= 0.6 is 0 Å². The van der Waals surface area contributed by atoms with E-state index in [1.807, 2.05) is 13.8 Å². The highest BCUT2D eigenvalue weighted by Gasteiger charge is 2.59. The zero-order valence-corrected chi connectivity index (χ0v) is 18.3. The number of hydrogen-bond acceptors (Lipinski definition) is 3. The first-order chi connectivity index (χ1) is 13.2. The Kier molecular flexibility index (Phi) is 5.51. The zero-order valence-electron chi connectivity index (χ0n) is 18.3. The molecule has 0 aromatic rings. The van der Waals surface area contributed by atoms with Crippen molar-refractivity contribution in [2.24, 2.45) is 34.5 Å². The molecule has 0 saturated heterocycles. The number of rotatable bonds is 5. The summed E-state index contributed by atoms with van der Waals surface area (Å²) in [6, 6.07) is 0. The molecule has 3 fully saturated rings. The molecule has 0 aromatic carbocycles. The lowest BCUT2D eigenvalue weighted by atomic mass is 9.47. The van der Waals surface area contributed by atoms with Crippen molar-refractivity contribution in [3.8, 4) is 0 Å². The number of fused-ring (bicyclic) bond motifs is 5. The van der Waals surface area contributed by atoms with Crippen LogP contribution in [0.2, 0.25) is 0 Å². The van der Waals surface area contributed by atoms with Crippen LogP contribution in [-0.4, -0.2) is 33.6 Å². The van der Waals surface area contributed by atoms with Crippen LogP contribution in [0.25, 0.3) is 0 Å². The van der Waals surface area contributed by atoms with Gasteiger partial charge < -0.3 is 15.3 Å². The maximum atomic E-state index is 10.5. The fourth-order valence-electron chi connectivity index (χ4n) is 8.10. The lowest BCUT2D eigenvalue weighted by Gasteiger charge is -2.58. The number of hydrogen-bond donors (Lipinski definition) is 3. The van der Waals surface area contributed by atoms with E-state index in [1.54, 1.807) is 0 Å². The Hall–Kier alpha value is -0.380. The predicted octanol–water partition coefficient (Wildman–Crippen LogP) is 4.84. The van der Waals surface area contributed by atoms with Crippen LogP contribution in [0.3, 0.4) is 0 Å². The number of allylic oxidation sites excluding steroid dienone is 1. The highest BCUT2D eigenvalue weighted by molar-refractivity contribution is 5.26. The van der Waals surface area contributed by atoms with E-state index in [9.17, 15) is 15.3 Å². The van der Waals surface area contributed by atoms with Gasteiger partial charge in [-0.3, -0.25) is 0 Å². The molecule has 0 heterocycles. The monoisotopic (exact) mass is 390 g/mol. The Labute approximate surface area is 171 Å². The first-order valence-electron chi connectivity index (χ1n) is 11.9. The van der Waals surface area contributed by atoms with Gasteiger partial charge in [-0.2, -0.15) is 0 Å². The van der Waals surface area contributed by atoms with E-state index in [0.29, 0.717) is 17.3 Å². The average Bonchev–Trinajstić information content (AvgIpc) is 2.97. The zero-order chi connectivity index (χ0) is 20.2. The maximum absolute atomic E-state index is 10.5. The van der Waals surface area contributed by atoms with E-state index < -0.39 is 5.60 Å². The van der Waals surface area contributed by atoms with Crippen LogP contribution in [0, 0.1) is 34.5 Å². The standard InChI is InChI=1S/C25H42O3/c1-23(2,28)12-4-5-17-7-9-21-20-8-6-18-15-19(27)10-14-25(18,16-26)22(20)11-13-24(17,21)3/h6,17,19-22,26-28H,4-5,7-16H2,1-3H3/t17-,19-,20-,21-,22-,24+,25+/m0/s1. The molecule has 0 radical (unpaired) electrons. The van der Waals surface area contributed by atoms with E-state index in [4.69, 9.17) is 0 Å². The Morgan fingerprint density at radius 2 is 1.89 bits per heavy atom. The summed E-state index contributed by atoms with van der Waals surface area (Å²) in [5.41, 5.74) is 1.23. The van der Waals surface area contributed by atoms with Gasteiger partial charge in [0.25, 0.3) is 0 Å². The normalized spacial score (nSPS) is 45.8. The van der Waals surface area contributed by atoms with Gasteiger partial charge in [0.1, 0.15) is 0 Å². The summed E-state index contributed by atoms with van der Waals surface area (Å²) in [6.07, 6.45) is 14.5. The topological polar surface area (TPSA) is 60.7 Å². The Balaban J connectivity index is 1.51. The van der Waals surface area contributed by atoms with Gasteiger partial charge in [0.05, 0.1) is 18.3 Å². The Morgan fingerprint density at radius 1 is 1.11 bits per heavy atom. The molecule has 0 spiro atoms. The summed E-state index contributed by atoms with van der Waals surface area (Å²) in [7, 11) is 0. The van der Waals surface area contributed by atoms with Gasteiger partial charge >= 0.3 is 0 Å². The first-order valence-corrected chi connectivity index (χ1v) is 11.9. The molecular weight excluding hydrogens is 348 g/mol. The van der Waals surface area contributed by atoms with Crippen LogP contribution < -0.4 is 0 Å². The van der Waals surface area contributed by atoms with E-state index in [2.05, 4.69) is 13.0 Å². The van der Waals surface area contributed by atoms with Crippen molar-refractivity contribution < 1.29 is 15.3 Å². The lowest BCUT2D eigenvalue weighted by Crippen LogP contribution is -2.52. The van der Waals surface area contributed by atoms with Crippen molar-refractivity contribution in [2.45, 2.75) is 103 Å². The van der Waals surface area contributed by atoms with Crippen molar-refractivity contribution in [1.82, 2.24) is 0 Å². The molecular formula is C25H42O3. The van der Waals surface area contributed by atoms with Gasteiger partial charge in [-0.15, -0.1) is 0 Å². The van der Waals surface area contributed by atoms with Gasteiger partial charge in [-0.05, 0) is 107 Å². The molecule has 160 valence electrons. The molecule has 3 N–H and O–H groups in total. The van der Waals surface area contributed by atoms with E-state index in [1.165, 1.54) is 37.7 Å². The minimum absolute atomic E-state index is 0.0392. The molecule has 3 nitrogen and oxygen atoms in total. The van der Waals surface area contributed by atoms with Gasteiger partial charge in [0.2, 0.25) is 0 Å². The largest absolute Gasteiger partial charge is 0.395 e. The smallest absolute Gasteiger partial charge is 0.0591 e. The second kappa shape index (κ2) is 7.39. The SMILES string of the molecule is CC(C)(O)CCC[C@H]1CC[C@H]2[C@@H]3CC=C4C[C@@H](O)CC[C@]4(CO)[C@H]3CC[C@]12C. The first kappa shape index (κ1) is 20.9. The fourth-order valence-corrected chi connectivity index (χ4v) is 8.10. The average molecular weight is 391 g/mol. The molecule has 4 aliphatic rings. The van der Waals surface area contributed by atoms with E-state index >= 15 is 0 Å². The van der Waals surface area contributed by atoms with Gasteiger partial charge in [0.15, 0.2) is 0 Å². The van der Waals surface area contributed by atoms with Gasteiger partial charge in [0, 0.05) is 5.41 Å². The molecule has 0 aromatic heterocycles. The van der Waals surface area contributed by atoms with Crippen molar-refractivity contribution >= 4 is 0 Å².